The van der Waals surface area contributed by atoms with E-state index < -0.39 is 11.9 Å². The van der Waals surface area contributed by atoms with Crippen molar-refractivity contribution in [2.24, 2.45) is 0 Å². The summed E-state index contributed by atoms with van der Waals surface area (Å²) in [4.78, 5) is 15.6. The first-order valence-corrected chi connectivity index (χ1v) is 6.49. The maximum absolute atomic E-state index is 11.7. The number of hydrogen-bond acceptors (Lipinski definition) is 4. The molecule has 5 nitrogen and oxygen atoms in total. The summed E-state index contributed by atoms with van der Waals surface area (Å²) in [6, 6.07) is 8.79. The first kappa shape index (κ1) is 14.8. The standard InChI is InChI=1S/C16H17NO4/c1-20-12-3-4-15(21-2)13(10-12)14(16(18)19)9-11-5-7-17-8-6-11/h3-8,10,14H,9H2,1-2H3,(H,18,19). The molecule has 0 aliphatic heterocycles. The Kier molecular flexibility index (Phi) is 4.77. The van der Waals surface area contributed by atoms with Crippen LogP contribution in [-0.2, 0) is 11.2 Å². The lowest BCUT2D eigenvalue weighted by molar-refractivity contribution is -0.138. The summed E-state index contributed by atoms with van der Waals surface area (Å²) in [5.74, 6) is -0.472. The molecule has 0 aliphatic carbocycles. The van der Waals surface area contributed by atoms with E-state index in [-0.39, 0.29) is 0 Å². The number of pyridine rings is 1. The third-order valence-electron chi connectivity index (χ3n) is 3.30. The lowest BCUT2D eigenvalue weighted by atomic mass is 9.91. The zero-order chi connectivity index (χ0) is 15.2. The summed E-state index contributed by atoms with van der Waals surface area (Å²) < 4.78 is 10.5. The van der Waals surface area contributed by atoms with E-state index in [1.165, 1.54) is 7.11 Å². The van der Waals surface area contributed by atoms with E-state index in [0.29, 0.717) is 23.5 Å². The summed E-state index contributed by atoms with van der Waals surface area (Å²) in [6.07, 6.45) is 3.66. The van der Waals surface area contributed by atoms with E-state index in [2.05, 4.69) is 4.98 Å². The highest BCUT2D eigenvalue weighted by Gasteiger charge is 2.24. The van der Waals surface area contributed by atoms with Gasteiger partial charge < -0.3 is 14.6 Å². The van der Waals surface area contributed by atoms with Crippen LogP contribution in [0.1, 0.15) is 17.0 Å². The number of carbonyl (C=O) groups is 1. The van der Waals surface area contributed by atoms with Crippen molar-refractivity contribution in [1.82, 2.24) is 4.98 Å². The van der Waals surface area contributed by atoms with Gasteiger partial charge in [-0.1, -0.05) is 0 Å². The van der Waals surface area contributed by atoms with Gasteiger partial charge in [0.25, 0.3) is 0 Å². The number of carboxylic acids is 1. The Morgan fingerprint density at radius 3 is 2.48 bits per heavy atom. The predicted molar refractivity (Wildman–Crippen MR) is 77.9 cm³/mol. The zero-order valence-corrected chi connectivity index (χ0v) is 11.9. The molecule has 1 N–H and O–H groups in total. The van der Waals surface area contributed by atoms with Crippen LogP contribution in [0.3, 0.4) is 0 Å². The van der Waals surface area contributed by atoms with Crippen LogP contribution in [0.25, 0.3) is 0 Å². The number of rotatable bonds is 6. The average molecular weight is 287 g/mol. The second kappa shape index (κ2) is 6.74. The lowest BCUT2D eigenvalue weighted by Crippen LogP contribution is -2.15. The normalized spacial score (nSPS) is 11.7. The second-order valence-corrected chi connectivity index (χ2v) is 4.56. The highest BCUT2D eigenvalue weighted by atomic mass is 16.5. The van der Waals surface area contributed by atoms with Gasteiger partial charge in [-0.15, -0.1) is 0 Å². The summed E-state index contributed by atoms with van der Waals surface area (Å²) in [7, 11) is 3.07. The molecule has 1 heterocycles. The summed E-state index contributed by atoms with van der Waals surface area (Å²) in [6.45, 7) is 0. The maximum Gasteiger partial charge on any atom is 0.311 e. The fraction of sp³-hybridized carbons (Fsp3) is 0.250. The molecule has 2 aromatic rings. The first-order chi connectivity index (χ1) is 10.2. The van der Waals surface area contributed by atoms with E-state index in [9.17, 15) is 9.90 Å². The molecule has 0 aliphatic rings. The SMILES string of the molecule is COc1ccc(OC)c(C(Cc2ccncc2)C(=O)O)c1. The minimum Gasteiger partial charge on any atom is -0.497 e. The van der Waals surface area contributed by atoms with E-state index >= 15 is 0 Å². The molecule has 5 heteroatoms. The van der Waals surface area contributed by atoms with Crippen molar-refractivity contribution in [2.75, 3.05) is 14.2 Å². The van der Waals surface area contributed by atoms with Crippen molar-refractivity contribution >= 4 is 5.97 Å². The Bertz CT molecular complexity index is 613. The topological polar surface area (TPSA) is 68.7 Å². The van der Waals surface area contributed by atoms with Gasteiger partial charge in [-0.3, -0.25) is 9.78 Å². The number of aliphatic carboxylic acids is 1. The summed E-state index contributed by atoms with van der Waals surface area (Å²) in [5.41, 5.74) is 1.50. The maximum atomic E-state index is 11.7. The van der Waals surface area contributed by atoms with Gasteiger partial charge in [0.05, 0.1) is 20.1 Å². The average Bonchev–Trinajstić information content (AvgIpc) is 2.52. The van der Waals surface area contributed by atoms with E-state index in [1.54, 1.807) is 37.7 Å². The molecule has 1 aromatic heterocycles. The smallest absolute Gasteiger partial charge is 0.311 e. The van der Waals surface area contributed by atoms with Gasteiger partial charge in [0.2, 0.25) is 0 Å². The Morgan fingerprint density at radius 2 is 1.90 bits per heavy atom. The summed E-state index contributed by atoms with van der Waals surface area (Å²) in [5, 5.41) is 9.56. The molecular weight excluding hydrogens is 270 g/mol. The zero-order valence-electron chi connectivity index (χ0n) is 11.9. The van der Waals surface area contributed by atoms with Gasteiger partial charge in [0.15, 0.2) is 0 Å². The fourth-order valence-electron chi connectivity index (χ4n) is 2.20. The minimum atomic E-state index is -0.904. The van der Waals surface area contributed by atoms with Crippen molar-refractivity contribution in [1.29, 1.82) is 0 Å². The van der Waals surface area contributed by atoms with Crippen molar-refractivity contribution < 1.29 is 19.4 Å². The van der Waals surface area contributed by atoms with Crippen molar-refractivity contribution in [3.63, 3.8) is 0 Å². The summed E-state index contributed by atoms with van der Waals surface area (Å²) >= 11 is 0. The van der Waals surface area contributed by atoms with Crippen LogP contribution in [-0.4, -0.2) is 30.3 Å². The number of aromatic nitrogens is 1. The molecule has 0 spiro atoms. The molecule has 1 unspecified atom stereocenters. The number of ether oxygens (including phenoxy) is 2. The number of hydrogen-bond donors (Lipinski definition) is 1. The van der Waals surface area contributed by atoms with Crippen LogP contribution in [0.4, 0.5) is 0 Å². The quantitative estimate of drug-likeness (QED) is 0.884. The van der Waals surface area contributed by atoms with Crippen molar-refractivity contribution in [3.05, 3.63) is 53.9 Å². The van der Waals surface area contributed by atoms with Gasteiger partial charge in [-0.05, 0) is 42.3 Å². The van der Waals surface area contributed by atoms with Crippen LogP contribution in [0.5, 0.6) is 11.5 Å². The van der Waals surface area contributed by atoms with Crippen LogP contribution >= 0.6 is 0 Å². The predicted octanol–water partition coefficient (Wildman–Crippen LogP) is 2.51. The largest absolute Gasteiger partial charge is 0.497 e. The van der Waals surface area contributed by atoms with Crippen LogP contribution in [0, 0.1) is 0 Å². The van der Waals surface area contributed by atoms with Crippen molar-refractivity contribution in [3.8, 4) is 11.5 Å². The van der Waals surface area contributed by atoms with Gasteiger partial charge in [0, 0.05) is 18.0 Å². The highest BCUT2D eigenvalue weighted by molar-refractivity contribution is 5.78. The number of carboxylic acid groups (broad SMARTS) is 1. The molecule has 110 valence electrons. The third-order valence-corrected chi connectivity index (χ3v) is 3.30. The molecule has 1 aromatic carbocycles. The van der Waals surface area contributed by atoms with E-state index in [4.69, 9.17) is 9.47 Å². The van der Waals surface area contributed by atoms with Gasteiger partial charge in [0.1, 0.15) is 11.5 Å². The Hall–Kier alpha value is -2.56. The molecule has 0 fully saturated rings. The van der Waals surface area contributed by atoms with Gasteiger partial charge >= 0.3 is 5.97 Å². The van der Waals surface area contributed by atoms with Crippen molar-refractivity contribution in [2.45, 2.75) is 12.3 Å². The second-order valence-electron chi connectivity index (χ2n) is 4.56. The lowest BCUT2D eigenvalue weighted by Gasteiger charge is -2.17. The molecule has 0 saturated heterocycles. The number of nitrogens with zero attached hydrogens (tertiary/aromatic N) is 1. The molecule has 0 radical (unpaired) electrons. The molecule has 0 amide bonds. The van der Waals surface area contributed by atoms with Crippen LogP contribution in [0.15, 0.2) is 42.7 Å². The third kappa shape index (κ3) is 3.51. The molecule has 0 bridgehead atoms. The molecular formula is C16H17NO4. The minimum absolute atomic E-state index is 0.362. The van der Waals surface area contributed by atoms with Crippen LogP contribution in [0.2, 0.25) is 0 Å². The highest BCUT2D eigenvalue weighted by Crippen LogP contribution is 2.32. The first-order valence-electron chi connectivity index (χ1n) is 6.49. The van der Waals surface area contributed by atoms with E-state index in [0.717, 1.165) is 5.56 Å². The number of benzene rings is 1. The molecule has 0 saturated carbocycles. The molecule has 21 heavy (non-hydrogen) atoms. The van der Waals surface area contributed by atoms with Gasteiger partial charge in [-0.25, -0.2) is 0 Å². The Labute approximate surface area is 123 Å². The van der Waals surface area contributed by atoms with E-state index in [1.807, 2.05) is 12.1 Å². The fourth-order valence-corrected chi connectivity index (χ4v) is 2.20. The molecule has 2 rings (SSSR count). The molecule has 1 atom stereocenters. The number of methoxy groups -OCH3 is 2. The monoisotopic (exact) mass is 287 g/mol. The Morgan fingerprint density at radius 1 is 1.19 bits per heavy atom. The Balaban J connectivity index is 2.40. The van der Waals surface area contributed by atoms with Crippen LogP contribution < -0.4 is 9.47 Å². The van der Waals surface area contributed by atoms with Gasteiger partial charge in [-0.2, -0.15) is 0 Å².